The molecule has 0 aliphatic carbocycles. The molecule has 2 aromatic rings. The van der Waals surface area contributed by atoms with Crippen molar-refractivity contribution in [3.05, 3.63) is 60.2 Å². The van der Waals surface area contributed by atoms with Gasteiger partial charge in [0.25, 0.3) is 0 Å². The van der Waals surface area contributed by atoms with Crippen molar-refractivity contribution in [3.63, 3.8) is 0 Å². The van der Waals surface area contributed by atoms with Crippen LogP contribution in [0.15, 0.2) is 54.6 Å². The Balaban J connectivity index is 1.78. The van der Waals surface area contributed by atoms with Crippen LogP contribution in [0.5, 0.6) is 5.75 Å². The number of ether oxygens (including phenoxy) is 1. The Kier molecular flexibility index (Phi) is 5.71. The largest absolute Gasteiger partial charge is 0.495 e. The van der Waals surface area contributed by atoms with E-state index in [4.69, 9.17) is 4.74 Å². The van der Waals surface area contributed by atoms with E-state index in [0.717, 1.165) is 37.5 Å². The van der Waals surface area contributed by atoms with Gasteiger partial charge in [-0.05, 0) is 24.1 Å². The number of hydrogen-bond acceptors (Lipinski definition) is 3. The molecular weight excluding hydrogens is 312 g/mol. The Morgan fingerprint density at radius 1 is 1.16 bits per heavy atom. The fourth-order valence-corrected chi connectivity index (χ4v) is 3.54. The van der Waals surface area contributed by atoms with Crippen molar-refractivity contribution in [2.75, 3.05) is 25.1 Å². The normalized spacial score (nSPS) is 17.4. The van der Waals surface area contributed by atoms with Gasteiger partial charge in [0, 0.05) is 26.1 Å². The molecule has 1 unspecified atom stereocenters. The van der Waals surface area contributed by atoms with Crippen LogP contribution in [-0.2, 0) is 11.3 Å². The van der Waals surface area contributed by atoms with E-state index in [0.29, 0.717) is 6.42 Å². The van der Waals surface area contributed by atoms with E-state index in [1.54, 1.807) is 7.11 Å². The average Bonchev–Trinajstić information content (AvgIpc) is 3.11. The molecule has 132 valence electrons. The van der Waals surface area contributed by atoms with Crippen LogP contribution in [0.25, 0.3) is 0 Å². The minimum atomic E-state index is 0.149. The number of hydrogen-bond donors (Lipinski definition) is 0. The second kappa shape index (κ2) is 8.17. The van der Waals surface area contributed by atoms with Gasteiger partial charge < -0.3 is 9.64 Å². The van der Waals surface area contributed by atoms with Crippen LogP contribution in [0, 0.1) is 0 Å². The predicted octanol–water partition coefficient (Wildman–Crippen LogP) is 3.71. The summed E-state index contributed by atoms with van der Waals surface area (Å²) in [6.45, 7) is 4.74. The highest BCUT2D eigenvalue weighted by Crippen LogP contribution is 2.32. The first kappa shape index (κ1) is 17.5. The molecule has 0 bridgehead atoms. The zero-order chi connectivity index (χ0) is 17.6. The number of carbonyl (C=O) groups excluding carboxylic acids is 1. The first-order valence-corrected chi connectivity index (χ1v) is 8.94. The molecule has 3 rings (SSSR count). The van der Waals surface area contributed by atoms with E-state index in [1.165, 1.54) is 5.56 Å². The van der Waals surface area contributed by atoms with Gasteiger partial charge in [-0.2, -0.15) is 0 Å². The second-order valence-corrected chi connectivity index (χ2v) is 6.45. The van der Waals surface area contributed by atoms with Crippen molar-refractivity contribution in [3.8, 4) is 5.75 Å². The number of likely N-dealkylation sites (tertiary alicyclic amines) is 1. The summed E-state index contributed by atoms with van der Waals surface area (Å²) < 4.78 is 5.50. The van der Waals surface area contributed by atoms with Crippen molar-refractivity contribution >= 4 is 11.6 Å². The number of rotatable bonds is 6. The second-order valence-electron chi connectivity index (χ2n) is 6.45. The number of benzene rings is 2. The molecule has 1 amide bonds. The molecule has 1 fully saturated rings. The zero-order valence-electron chi connectivity index (χ0n) is 15.0. The van der Waals surface area contributed by atoms with Gasteiger partial charge >= 0.3 is 0 Å². The lowest BCUT2D eigenvalue weighted by molar-refractivity contribution is -0.118. The summed E-state index contributed by atoms with van der Waals surface area (Å²) in [7, 11) is 1.66. The fourth-order valence-electron chi connectivity index (χ4n) is 3.54. The highest BCUT2D eigenvalue weighted by Gasteiger charge is 2.32. The number of para-hydroxylation sites is 2. The van der Waals surface area contributed by atoms with Crippen molar-refractivity contribution in [1.29, 1.82) is 0 Å². The molecule has 1 atom stereocenters. The molecule has 1 heterocycles. The van der Waals surface area contributed by atoms with E-state index in [-0.39, 0.29) is 11.9 Å². The van der Waals surface area contributed by atoms with Crippen LogP contribution < -0.4 is 9.64 Å². The van der Waals surface area contributed by atoms with Gasteiger partial charge in [0.2, 0.25) is 5.91 Å². The molecule has 4 heteroatoms. The molecule has 4 nitrogen and oxygen atoms in total. The summed E-state index contributed by atoms with van der Waals surface area (Å²) in [5.74, 6) is 0.905. The standard InChI is InChI=1S/C21H26N2O2/c1-3-21(24)23(19-11-7-8-12-20(19)25-2)18-13-14-22(16-18)15-17-9-5-4-6-10-17/h4-12,18H,3,13-16H2,1-2H3. The molecule has 0 saturated carbocycles. The van der Waals surface area contributed by atoms with Gasteiger partial charge in [-0.15, -0.1) is 0 Å². The average molecular weight is 338 g/mol. The third kappa shape index (κ3) is 4.02. The number of methoxy groups -OCH3 is 1. The first-order valence-electron chi connectivity index (χ1n) is 8.94. The molecule has 0 spiro atoms. The molecule has 0 aromatic heterocycles. The molecule has 1 saturated heterocycles. The Hall–Kier alpha value is -2.33. The number of anilines is 1. The lowest BCUT2D eigenvalue weighted by Gasteiger charge is -2.30. The van der Waals surface area contributed by atoms with Crippen LogP contribution in [0.4, 0.5) is 5.69 Å². The van der Waals surface area contributed by atoms with E-state index < -0.39 is 0 Å². The summed E-state index contributed by atoms with van der Waals surface area (Å²) in [6, 6.07) is 18.5. The summed E-state index contributed by atoms with van der Waals surface area (Å²) in [6.07, 6.45) is 1.48. The lowest BCUT2D eigenvalue weighted by atomic mass is 10.1. The Labute approximate surface area is 150 Å². The van der Waals surface area contributed by atoms with Crippen LogP contribution in [0.3, 0.4) is 0 Å². The summed E-state index contributed by atoms with van der Waals surface area (Å²) in [4.78, 5) is 17.1. The van der Waals surface area contributed by atoms with E-state index in [2.05, 4.69) is 29.2 Å². The van der Waals surface area contributed by atoms with Crippen molar-refractivity contribution in [2.24, 2.45) is 0 Å². The van der Waals surface area contributed by atoms with Gasteiger partial charge in [-0.1, -0.05) is 49.4 Å². The van der Waals surface area contributed by atoms with E-state index in [9.17, 15) is 4.79 Å². The van der Waals surface area contributed by atoms with E-state index >= 15 is 0 Å². The minimum Gasteiger partial charge on any atom is -0.495 e. The minimum absolute atomic E-state index is 0.149. The summed E-state index contributed by atoms with van der Waals surface area (Å²) >= 11 is 0. The quantitative estimate of drug-likeness (QED) is 0.805. The molecular formula is C21H26N2O2. The third-order valence-electron chi connectivity index (χ3n) is 4.78. The fraction of sp³-hybridized carbons (Fsp3) is 0.381. The van der Waals surface area contributed by atoms with Gasteiger partial charge in [0.15, 0.2) is 0 Å². The highest BCUT2D eigenvalue weighted by atomic mass is 16.5. The lowest BCUT2D eigenvalue weighted by Crippen LogP contribution is -2.42. The maximum absolute atomic E-state index is 12.7. The molecule has 0 radical (unpaired) electrons. The molecule has 1 aliphatic rings. The summed E-state index contributed by atoms with van der Waals surface area (Å²) in [5, 5.41) is 0. The number of amides is 1. The smallest absolute Gasteiger partial charge is 0.227 e. The molecule has 25 heavy (non-hydrogen) atoms. The molecule has 2 aromatic carbocycles. The Morgan fingerprint density at radius 3 is 2.60 bits per heavy atom. The van der Waals surface area contributed by atoms with Crippen LogP contribution >= 0.6 is 0 Å². The SMILES string of the molecule is CCC(=O)N(c1ccccc1OC)C1CCN(Cc2ccccc2)C1. The summed E-state index contributed by atoms with van der Waals surface area (Å²) in [5.41, 5.74) is 2.19. The van der Waals surface area contributed by atoms with Crippen LogP contribution in [0.2, 0.25) is 0 Å². The first-order chi connectivity index (χ1) is 12.2. The number of nitrogens with zero attached hydrogens (tertiary/aromatic N) is 2. The highest BCUT2D eigenvalue weighted by molar-refractivity contribution is 5.95. The van der Waals surface area contributed by atoms with Crippen molar-refractivity contribution in [1.82, 2.24) is 4.90 Å². The third-order valence-corrected chi connectivity index (χ3v) is 4.78. The Morgan fingerprint density at radius 2 is 1.88 bits per heavy atom. The topological polar surface area (TPSA) is 32.8 Å². The van der Waals surface area contributed by atoms with E-state index in [1.807, 2.05) is 42.2 Å². The molecule has 0 N–H and O–H groups in total. The number of carbonyl (C=O) groups is 1. The predicted molar refractivity (Wildman–Crippen MR) is 101 cm³/mol. The maximum atomic E-state index is 12.7. The van der Waals surface area contributed by atoms with Gasteiger partial charge in [-0.25, -0.2) is 0 Å². The van der Waals surface area contributed by atoms with Crippen molar-refractivity contribution < 1.29 is 9.53 Å². The monoisotopic (exact) mass is 338 g/mol. The molecule has 1 aliphatic heterocycles. The maximum Gasteiger partial charge on any atom is 0.227 e. The van der Waals surface area contributed by atoms with Gasteiger partial charge in [0.1, 0.15) is 5.75 Å². The zero-order valence-corrected chi connectivity index (χ0v) is 15.0. The van der Waals surface area contributed by atoms with Crippen LogP contribution in [0.1, 0.15) is 25.3 Å². The van der Waals surface area contributed by atoms with Crippen LogP contribution in [-0.4, -0.2) is 37.0 Å². The van der Waals surface area contributed by atoms with Crippen molar-refractivity contribution in [2.45, 2.75) is 32.4 Å². The van der Waals surface area contributed by atoms with Gasteiger partial charge in [-0.3, -0.25) is 9.69 Å². The van der Waals surface area contributed by atoms with Gasteiger partial charge in [0.05, 0.1) is 18.8 Å². The Bertz CT molecular complexity index is 702.